The van der Waals surface area contributed by atoms with Crippen molar-refractivity contribution in [3.8, 4) is 0 Å². The molecule has 11 heteroatoms. The van der Waals surface area contributed by atoms with E-state index in [9.17, 15) is 30.3 Å². The minimum absolute atomic E-state index is 0.247. The van der Waals surface area contributed by atoms with Crippen LogP contribution in [0.4, 0.5) is 0 Å². The third-order valence-electron chi connectivity index (χ3n) is 6.18. The number of aliphatic hydroxyl groups excluding tert-OH is 4. The first-order valence-corrected chi connectivity index (χ1v) is 10.9. The molecule has 5 N–H and O–H groups in total. The molecule has 11 nitrogen and oxygen atoms in total. The number of carbonyl (C=O) groups excluding carboxylic acids is 1. The molecule has 0 spiro atoms. The van der Waals surface area contributed by atoms with E-state index in [2.05, 4.69) is 0 Å². The molecule has 0 aliphatic carbocycles. The molecule has 0 aromatic carbocycles. The van der Waals surface area contributed by atoms with Crippen molar-refractivity contribution in [2.45, 2.75) is 81.8 Å². The zero-order chi connectivity index (χ0) is 23.5. The molecule has 2 saturated heterocycles. The first-order valence-electron chi connectivity index (χ1n) is 10.9. The highest BCUT2D eigenvalue weighted by molar-refractivity contribution is 5.87. The summed E-state index contributed by atoms with van der Waals surface area (Å²) in [5.74, 6) is -0.353. The van der Waals surface area contributed by atoms with Gasteiger partial charge in [-0.15, -0.1) is 0 Å². The van der Waals surface area contributed by atoms with Gasteiger partial charge in [-0.2, -0.15) is 0 Å². The molecular formula is C21H34O11. The lowest BCUT2D eigenvalue weighted by Crippen LogP contribution is -2.59. The highest BCUT2D eigenvalue weighted by Gasteiger charge is 2.51. The lowest BCUT2D eigenvalue weighted by molar-refractivity contribution is -0.310. The average molecular weight is 462 g/mol. The topological polar surface area (TPSA) is 164 Å². The summed E-state index contributed by atoms with van der Waals surface area (Å²) in [6, 6.07) is 0. The van der Waals surface area contributed by atoms with Crippen molar-refractivity contribution < 1.29 is 54.0 Å². The number of esters is 1. The van der Waals surface area contributed by atoms with Gasteiger partial charge in [-0.25, -0.2) is 4.79 Å². The molecule has 0 aromatic rings. The van der Waals surface area contributed by atoms with Crippen LogP contribution in [-0.4, -0.2) is 107 Å². The second kappa shape index (κ2) is 10.9. The third kappa shape index (κ3) is 5.85. The highest BCUT2D eigenvalue weighted by atomic mass is 16.7. The van der Waals surface area contributed by atoms with Crippen LogP contribution in [0.15, 0.2) is 11.6 Å². The van der Waals surface area contributed by atoms with Gasteiger partial charge in [0.15, 0.2) is 18.2 Å². The van der Waals surface area contributed by atoms with Crippen molar-refractivity contribution >= 4 is 5.97 Å². The Morgan fingerprint density at radius 2 is 1.72 bits per heavy atom. The van der Waals surface area contributed by atoms with Crippen molar-refractivity contribution in [3.63, 3.8) is 0 Å². The van der Waals surface area contributed by atoms with E-state index < -0.39 is 61.3 Å². The number of hydrogen-bond donors (Lipinski definition) is 5. The summed E-state index contributed by atoms with van der Waals surface area (Å²) in [6.07, 6.45) is -5.69. The van der Waals surface area contributed by atoms with Crippen LogP contribution in [0.3, 0.4) is 0 Å². The van der Waals surface area contributed by atoms with Crippen molar-refractivity contribution in [2.24, 2.45) is 5.92 Å². The molecule has 0 saturated carbocycles. The summed E-state index contributed by atoms with van der Waals surface area (Å²) < 4.78 is 27.1. The Morgan fingerprint density at radius 3 is 2.47 bits per heavy atom. The Labute approximate surface area is 186 Å². The molecular weight excluding hydrogens is 428 g/mol. The van der Waals surface area contributed by atoms with Gasteiger partial charge in [-0.3, -0.25) is 0 Å². The maximum atomic E-state index is 12.2. The summed E-state index contributed by atoms with van der Waals surface area (Å²) in [7, 11) is 0. The number of ether oxygens (including phenoxy) is 5. The normalized spacial score (nSPS) is 45.2. The smallest absolute Gasteiger partial charge is 0.333 e. The van der Waals surface area contributed by atoms with Crippen LogP contribution in [0, 0.1) is 5.92 Å². The van der Waals surface area contributed by atoms with Gasteiger partial charge in [0.2, 0.25) is 0 Å². The van der Waals surface area contributed by atoms with Crippen LogP contribution in [0.25, 0.3) is 0 Å². The van der Waals surface area contributed by atoms with E-state index in [1.807, 2.05) is 6.92 Å². The van der Waals surface area contributed by atoms with E-state index in [0.29, 0.717) is 18.4 Å². The van der Waals surface area contributed by atoms with E-state index in [1.54, 1.807) is 13.0 Å². The van der Waals surface area contributed by atoms with Gasteiger partial charge in [0.05, 0.1) is 19.8 Å². The Kier molecular flexibility index (Phi) is 8.64. The molecule has 3 rings (SSSR count). The van der Waals surface area contributed by atoms with Crippen LogP contribution in [0.1, 0.15) is 33.1 Å². The third-order valence-corrected chi connectivity index (χ3v) is 6.18. The number of cyclic esters (lactones) is 1. The maximum absolute atomic E-state index is 12.2. The monoisotopic (exact) mass is 462 g/mol. The molecule has 3 heterocycles. The summed E-state index contributed by atoms with van der Waals surface area (Å²) in [5.41, 5.74) is -1.48. The summed E-state index contributed by atoms with van der Waals surface area (Å²) in [5, 5.41) is 51.7. The molecule has 4 bridgehead atoms. The summed E-state index contributed by atoms with van der Waals surface area (Å²) >= 11 is 0. The van der Waals surface area contributed by atoms with E-state index in [1.165, 1.54) is 0 Å². The quantitative estimate of drug-likeness (QED) is 0.269. The minimum Gasteiger partial charge on any atom is -0.459 e. The van der Waals surface area contributed by atoms with Gasteiger partial charge >= 0.3 is 5.97 Å². The number of rotatable bonds is 0. The van der Waals surface area contributed by atoms with Gasteiger partial charge in [-0.1, -0.05) is 13.0 Å². The van der Waals surface area contributed by atoms with Gasteiger partial charge in [0.25, 0.3) is 0 Å². The van der Waals surface area contributed by atoms with Crippen LogP contribution in [0.2, 0.25) is 0 Å². The first-order chi connectivity index (χ1) is 15.1. The number of fused-ring (bicyclic) bond motifs is 4. The molecule has 0 radical (unpaired) electrons. The number of hydrogen-bond acceptors (Lipinski definition) is 11. The molecule has 0 unspecified atom stereocenters. The second-order valence-electron chi connectivity index (χ2n) is 8.88. The molecule has 3 aliphatic heterocycles. The summed E-state index contributed by atoms with van der Waals surface area (Å²) in [4.78, 5) is 12.2. The second-order valence-corrected chi connectivity index (χ2v) is 8.88. The molecule has 3 aliphatic rings. The average Bonchev–Trinajstić information content (AvgIpc) is 3.04. The number of aliphatic hydroxyl groups is 5. The van der Waals surface area contributed by atoms with Crippen molar-refractivity contribution in [1.29, 1.82) is 0 Å². The fraction of sp³-hybridized carbons (Fsp3) is 0.857. The van der Waals surface area contributed by atoms with Gasteiger partial charge in [-0.05, 0) is 32.1 Å². The van der Waals surface area contributed by atoms with Crippen LogP contribution in [-0.2, 0) is 28.5 Å². The van der Waals surface area contributed by atoms with Gasteiger partial charge in [0, 0.05) is 5.57 Å². The first kappa shape index (κ1) is 25.5. The van der Waals surface area contributed by atoms with Gasteiger partial charge in [0.1, 0.15) is 37.1 Å². The van der Waals surface area contributed by atoms with Crippen LogP contribution >= 0.6 is 0 Å². The summed E-state index contributed by atoms with van der Waals surface area (Å²) in [6.45, 7) is 2.74. The van der Waals surface area contributed by atoms with Crippen molar-refractivity contribution in [2.75, 3.05) is 26.4 Å². The van der Waals surface area contributed by atoms with Crippen LogP contribution in [0.5, 0.6) is 0 Å². The Balaban J connectivity index is 1.73. The van der Waals surface area contributed by atoms with Crippen molar-refractivity contribution in [1.82, 2.24) is 0 Å². The molecule has 184 valence electrons. The zero-order valence-electron chi connectivity index (χ0n) is 18.3. The van der Waals surface area contributed by atoms with Gasteiger partial charge < -0.3 is 49.2 Å². The molecule has 32 heavy (non-hydrogen) atoms. The molecule has 0 amide bonds. The Morgan fingerprint density at radius 1 is 0.969 bits per heavy atom. The standard InChI is InChI=1S/C21H34O11/c1-11-4-3-5-12(2)18(26)30-9-21(27)10-31-20(17(21)25)29-8-13-14(22)15(23)16(24)19(32-13)28-7-6-11/h5,11,13-17,19-20,22-25,27H,3-4,6-10H2,1-2H3/t11-,13+,14+,15-,16+,17-,19+,20-,21+/m0/s1. The fourth-order valence-electron chi connectivity index (χ4n) is 3.81. The van der Waals surface area contributed by atoms with E-state index in [4.69, 9.17) is 23.7 Å². The highest BCUT2D eigenvalue weighted by Crippen LogP contribution is 2.29. The Bertz CT molecular complexity index is 670. The molecule has 9 atom stereocenters. The lowest BCUT2D eigenvalue weighted by Gasteiger charge is -2.40. The minimum atomic E-state index is -1.87. The molecule has 0 aromatic heterocycles. The Hall–Kier alpha value is -1.15. The zero-order valence-corrected chi connectivity index (χ0v) is 18.3. The van der Waals surface area contributed by atoms with Crippen LogP contribution < -0.4 is 0 Å². The predicted octanol–water partition coefficient (Wildman–Crippen LogP) is -1.41. The molecule has 2 fully saturated rings. The van der Waals surface area contributed by atoms with Crippen molar-refractivity contribution in [3.05, 3.63) is 11.6 Å². The number of carbonyl (C=O) groups is 1. The van der Waals surface area contributed by atoms with E-state index in [-0.39, 0.29) is 25.7 Å². The maximum Gasteiger partial charge on any atom is 0.333 e. The fourth-order valence-corrected chi connectivity index (χ4v) is 3.81. The number of allylic oxidation sites excluding steroid dienone is 1. The lowest BCUT2D eigenvalue weighted by atomic mass is 9.99. The van der Waals surface area contributed by atoms with E-state index in [0.717, 1.165) is 6.42 Å². The SMILES string of the molecule is CC1=CCC[C@H](C)CCO[C@@H]2O[C@H](CO[C@H]3OC[C@](O)(COC1=O)[C@H]3O)[C@@H](O)[C@H](O)[C@H]2O. The predicted molar refractivity (Wildman–Crippen MR) is 107 cm³/mol. The van der Waals surface area contributed by atoms with E-state index >= 15 is 0 Å². The largest absolute Gasteiger partial charge is 0.459 e.